The Balaban J connectivity index is 1.30. The van der Waals surface area contributed by atoms with Gasteiger partial charge in [-0.05, 0) is 27.5 Å². The van der Waals surface area contributed by atoms with Crippen LogP contribution in [0, 0.1) is 0 Å². The molecule has 0 aliphatic carbocycles. The van der Waals surface area contributed by atoms with E-state index in [-0.39, 0.29) is 29.8 Å². The highest BCUT2D eigenvalue weighted by Crippen LogP contribution is 2.42. The van der Waals surface area contributed by atoms with Crippen LogP contribution in [0.25, 0.3) is 11.2 Å². The zero-order chi connectivity index (χ0) is 31.7. The van der Waals surface area contributed by atoms with Crippen molar-refractivity contribution in [3.63, 3.8) is 0 Å². The first-order chi connectivity index (χ1) is 21.7. The number of hydrogen-bond acceptors (Lipinski definition) is 7. The molecule has 1 saturated heterocycles. The van der Waals surface area contributed by atoms with E-state index in [0.717, 1.165) is 10.4 Å². The Labute approximate surface area is 263 Å². The van der Waals surface area contributed by atoms with Crippen molar-refractivity contribution in [1.82, 2.24) is 19.5 Å². The Morgan fingerprint density at radius 2 is 1.62 bits per heavy atom. The van der Waals surface area contributed by atoms with E-state index in [9.17, 15) is 9.90 Å². The van der Waals surface area contributed by atoms with Crippen LogP contribution in [0.2, 0.25) is 5.04 Å². The van der Waals surface area contributed by atoms with Crippen LogP contribution in [0.1, 0.15) is 43.8 Å². The Bertz CT molecular complexity index is 1750. The summed E-state index contributed by atoms with van der Waals surface area (Å²) in [5, 5.41) is 16.7. The third-order valence-electron chi connectivity index (χ3n) is 8.54. The summed E-state index contributed by atoms with van der Waals surface area (Å²) in [6, 6.07) is 29.6. The molecule has 0 unspecified atom stereocenters. The molecule has 3 atom stereocenters. The van der Waals surface area contributed by atoms with Crippen molar-refractivity contribution in [2.24, 2.45) is 0 Å². The minimum absolute atomic E-state index is 0.145. The van der Waals surface area contributed by atoms with Gasteiger partial charge in [0.2, 0.25) is 0 Å². The molecule has 1 aliphatic rings. The zero-order valence-electron chi connectivity index (χ0n) is 25.6. The van der Waals surface area contributed by atoms with E-state index in [0.29, 0.717) is 16.7 Å². The van der Waals surface area contributed by atoms with Crippen molar-refractivity contribution in [3.8, 4) is 0 Å². The number of anilines is 1. The molecule has 45 heavy (non-hydrogen) atoms. The first-order valence-corrected chi connectivity index (χ1v) is 16.9. The summed E-state index contributed by atoms with van der Waals surface area (Å²) >= 11 is 0. The fourth-order valence-corrected chi connectivity index (χ4v) is 10.8. The van der Waals surface area contributed by atoms with Gasteiger partial charge in [-0.25, -0.2) is 15.0 Å². The van der Waals surface area contributed by atoms with Gasteiger partial charge in [0.25, 0.3) is 14.2 Å². The first kappa shape index (κ1) is 30.5. The van der Waals surface area contributed by atoms with Gasteiger partial charge in [0.05, 0.1) is 12.9 Å². The maximum atomic E-state index is 12.8. The summed E-state index contributed by atoms with van der Waals surface area (Å²) in [4.78, 5) is 26.1. The molecule has 6 rings (SSSR count). The van der Waals surface area contributed by atoms with E-state index in [1.54, 1.807) is 35.2 Å². The van der Waals surface area contributed by atoms with Crippen molar-refractivity contribution >= 4 is 41.6 Å². The molecule has 0 radical (unpaired) electrons. The first-order valence-electron chi connectivity index (χ1n) is 15.0. The molecule has 0 bridgehead atoms. The molecule has 230 valence electrons. The Morgan fingerprint density at radius 1 is 1.02 bits per heavy atom. The topological polar surface area (TPSA) is 111 Å². The van der Waals surface area contributed by atoms with Crippen molar-refractivity contribution < 1.29 is 19.1 Å². The van der Waals surface area contributed by atoms with Gasteiger partial charge >= 0.3 is 0 Å². The fraction of sp³-hybridized carbons (Fsp3) is 0.257. The SMILES string of the molecule is C=C[C@@]1(O)C[C@H](n2cnc3c(NC(=O)c4ccccc4)ncnc32)O[C@@H]1CO[Si](c1ccccc1)(c1ccccc1)C(C)(C)C. The zero-order valence-corrected chi connectivity index (χ0v) is 26.6. The van der Waals surface area contributed by atoms with Crippen molar-refractivity contribution in [2.45, 2.75) is 50.2 Å². The van der Waals surface area contributed by atoms with Gasteiger partial charge in [-0.1, -0.05) is 106 Å². The molecular weight excluding hydrogens is 583 g/mol. The highest BCUT2D eigenvalue weighted by atomic mass is 28.4. The average Bonchev–Trinajstić information content (AvgIpc) is 3.64. The summed E-state index contributed by atoms with van der Waals surface area (Å²) in [6.07, 6.45) is 3.39. The molecule has 0 spiro atoms. The predicted octanol–water partition coefficient (Wildman–Crippen LogP) is 4.86. The summed E-state index contributed by atoms with van der Waals surface area (Å²) in [6.45, 7) is 10.7. The molecule has 3 heterocycles. The number of carbonyl (C=O) groups is 1. The number of nitrogens with zero attached hydrogens (tertiary/aromatic N) is 4. The number of amides is 1. The Morgan fingerprint density at radius 3 is 2.20 bits per heavy atom. The lowest BCUT2D eigenvalue weighted by molar-refractivity contribution is -0.0602. The maximum absolute atomic E-state index is 12.8. The van der Waals surface area contributed by atoms with Gasteiger partial charge in [0.15, 0.2) is 17.0 Å². The molecule has 9 nitrogen and oxygen atoms in total. The predicted molar refractivity (Wildman–Crippen MR) is 177 cm³/mol. The average molecular weight is 620 g/mol. The van der Waals surface area contributed by atoms with E-state index in [4.69, 9.17) is 9.16 Å². The van der Waals surface area contributed by atoms with E-state index < -0.39 is 26.3 Å². The lowest BCUT2D eigenvalue weighted by atomic mass is 9.95. The summed E-state index contributed by atoms with van der Waals surface area (Å²) in [7, 11) is -2.88. The molecule has 10 heteroatoms. The van der Waals surface area contributed by atoms with Gasteiger partial charge < -0.3 is 19.6 Å². The number of nitrogens with one attached hydrogen (secondary N) is 1. The highest BCUT2D eigenvalue weighted by molar-refractivity contribution is 6.99. The molecule has 0 saturated carbocycles. The number of carbonyl (C=O) groups excluding carboxylic acids is 1. The number of benzene rings is 3. The largest absolute Gasteiger partial charge is 0.405 e. The van der Waals surface area contributed by atoms with Crippen LogP contribution in [0.5, 0.6) is 0 Å². The van der Waals surface area contributed by atoms with Crippen LogP contribution in [0.4, 0.5) is 5.82 Å². The normalized spacial score (nSPS) is 20.3. The second-order valence-electron chi connectivity index (χ2n) is 12.3. The van der Waals surface area contributed by atoms with E-state index in [1.807, 2.05) is 42.5 Å². The van der Waals surface area contributed by atoms with Crippen molar-refractivity contribution in [3.05, 3.63) is 122 Å². The monoisotopic (exact) mass is 619 g/mol. The minimum Gasteiger partial charge on any atom is -0.405 e. The third kappa shape index (κ3) is 5.62. The Hall–Kier alpha value is -4.48. The van der Waals surface area contributed by atoms with Crippen LogP contribution in [-0.4, -0.2) is 57.2 Å². The van der Waals surface area contributed by atoms with Gasteiger partial charge in [0, 0.05) is 12.0 Å². The van der Waals surface area contributed by atoms with Crippen LogP contribution in [0.3, 0.4) is 0 Å². The number of imidazole rings is 1. The molecule has 1 aliphatic heterocycles. The molecule has 3 aromatic carbocycles. The van der Waals surface area contributed by atoms with E-state index in [2.05, 4.69) is 71.9 Å². The van der Waals surface area contributed by atoms with Gasteiger partial charge in [-0.15, -0.1) is 6.58 Å². The number of fused-ring (bicyclic) bond motifs is 1. The third-order valence-corrected chi connectivity index (χ3v) is 13.5. The minimum atomic E-state index is -2.88. The van der Waals surface area contributed by atoms with Crippen LogP contribution in [-0.2, 0) is 9.16 Å². The molecule has 1 fully saturated rings. The number of hydrogen-bond donors (Lipinski definition) is 2. The fourth-order valence-electron chi connectivity index (χ4n) is 6.21. The standard InChI is InChI=1S/C35H37N5O4Si/c1-5-35(42)21-29(40-24-38-30-31(36-23-37-32(30)40)39-33(41)25-15-9-6-10-16-25)44-28(35)22-43-45(34(2,3)4,26-17-11-7-12-18-26)27-19-13-8-14-20-27/h5-20,23-24,28-29,42H,1,21-22H2,2-4H3,(H,36,37,39,41)/t28-,29-,35-/m1/s1. The van der Waals surface area contributed by atoms with Gasteiger partial charge in [-0.3, -0.25) is 9.36 Å². The molecule has 1 amide bonds. The van der Waals surface area contributed by atoms with Crippen LogP contribution >= 0.6 is 0 Å². The second kappa shape index (κ2) is 12.1. The van der Waals surface area contributed by atoms with Crippen molar-refractivity contribution in [2.75, 3.05) is 11.9 Å². The lowest BCUT2D eigenvalue weighted by Gasteiger charge is -2.44. The van der Waals surface area contributed by atoms with Gasteiger partial charge in [-0.2, -0.15) is 0 Å². The quantitative estimate of drug-likeness (QED) is 0.179. The van der Waals surface area contributed by atoms with Crippen LogP contribution in [0.15, 0.2) is 116 Å². The lowest BCUT2D eigenvalue weighted by Crippen LogP contribution is -2.67. The molecular formula is C35H37N5O4Si. The summed E-state index contributed by atoms with van der Waals surface area (Å²) in [5.41, 5.74) is 0.0183. The van der Waals surface area contributed by atoms with E-state index >= 15 is 0 Å². The van der Waals surface area contributed by atoms with E-state index in [1.165, 1.54) is 12.4 Å². The van der Waals surface area contributed by atoms with Gasteiger partial charge in [0.1, 0.15) is 24.3 Å². The van der Waals surface area contributed by atoms with Crippen LogP contribution < -0.4 is 15.7 Å². The molecule has 5 aromatic rings. The smallest absolute Gasteiger partial charge is 0.261 e. The number of ether oxygens (including phenoxy) is 1. The number of aliphatic hydroxyl groups is 1. The highest BCUT2D eigenvalue weighted by Gasteiger charge is 2.53. The number of rotatable bonds is 9. The second-order valence-corrected chi connectivity index (χ2v) is 16.6. The molecule has 2 N–H and O–H groups in total. The number of aromatic nitrogens is 4. The maximum Gasteiger partial charge on any atom is 0.261 e. The van der Waals surface area contributed by atoms with Crippen molar-refractivity contribution in [1.29, 1.82) is 0 Å². The molecule has 2 aromatic heterocycles. The summed E-state index contributed by atoms with van der Waals surface area (Å²) in [5.74, 6) is -0.0139. The Kier molecular flexibility index (Phi) is 8.23. The summed E-state index contributed by atoms with van der Waals surface area (Å²) < 4.78 is 15.4.